The van der Waals surface area contributed by atoms with Crippen molar-refractivity contribution in [3.05, 3.63) is 41.0 Å². The summed E-state index contributed by atoms with van der Waals surface area (Å²) in [6.45, 7) is 2.67. The molecule has 1 saturated carbocycles. The van der Waals surface area contributed by atoms with Crippen LogP contribution in [0.2, 0.25) is 0 Å². The number of anilines is 2. The molecule has 1 aliphatic carbocycles. The van der Waals surface area contributed by atoms with E-state index in [-0.39, 0.29) is 17.9 Å². The number of benzene rings is 1. The molecule has 1 saturated heterocycles. The maximum absolute atomic E-state index is 12.8. The molecule has 136 valence electrons. The molecular weight excluding hydrogens is 396 g/mol. The lowest BCUT2D eigenvalue weighted by Gasteiger charge is -2.18. The van der Waals surface area contributed by atoms with Crippen LogP contribution in [-0.4, -0.2) is 28.1 Å². The summed E-state index contributed by atoms with van der Waals surface area (Å²) in [5.74, 6) is 0.238. The number of hydrogen-bond acceptors (Lipinski definition) is 3. The largest absolute Gasteiger partial charge is 0.312 e. The van der Waals surface area contributed by atoms with Crippen molar-refractivity contribution in [3.8, 4) is 0 Å². The molecule has 2 aromatic rings. The van der Waals surface area contributed by atoms with Gasteiger partial charge in [-0.15, -0.1) is 0 Å². The number of carbonyl (C=O) groups excluding carboxylic acids is 2. The summed E-state index contributed by atoms with van der Waals surface area (Å²) >= 11 is 3.42. The number of amides is 2. The van der Waals surface area contributed by atoms with E-state index in [4.69, 9.17) is 0 Å². The number of aromatic nitrogens is 2. The van der Waals surface area contributed by atoms with E-state index < -0.39 is 5.92 Å². The third-order valence-corrected chi connectivity index (χ3v) is 5.75. The highest BCUT2D eigenvalue weighted by molar-refractivity contribution is 9.10. The molecule has 0 spiro atoms. The maximum atomic E-state index is 12.8. The zero-order valence-electron chi connectivity index (χ0n) is 14.6. The van der Waals surface area contributed by atoms with Crippen molar-refractivity contribution in [2.75, 3.05) is 16.8 Å². The zero-order valence-corrected chi connectivity index (χ0v) is 16.1. The number of nitrogens with zero attached hydrogens (tertiary/aromatic N) is 3. The van der Waals surface area contributed by atoms with Gasteiger partial charge in [0.25, 0.3) is 0 Å². The van der Waals surface area contributed by atoms with E-state index in [1.54, 1.807) is 17.2 Å². The van der Waals surface area contributed by atoms with Crippen molar-refractivity contribution in [2.24, 2.45) is 11.8 Å². The summed E-state index contributed by atoms with van der Waals surface area (Å²) in [5.41, 5.74) is 0.812. The normalized spacial score (nSPS) is 21.1. The number of rotatable bonds is 5. The maximum Gasteiger partial charge on any atom is 0.239 e. The minimum Gasteiger partial charge on any atom is -0.312 e. The molecule has 0 radical (unpaired) electrons. The first-order valence-electron chi connectivity index (χ1n) is 8.96. The lowest BCUT2D eigenvalue weighted by Crippen LogP contribution is -2.33. The van der Waals surface area contributed by atoms with Gasteiger partial charge >= 0.3 is 0 Å². The molecule has 4 rings (SSSR count). The smallest absolute Gasteiger partial charge is 0.239 e. The van der Waals surface area contributed by atoms with E-state index in [2.05, 4.69) is 33.3 Å². The van der Waals surface area contributed by atoms with Crippen molar-refractivity contribution >= 4 is 39.2 Å². The summed E-state index contributed by atoms with van der Waals surface area (Å²) in [6.07, 6.45) is 4.62. The minimum absolute atomic E-state index is 0.151. The Balaban J connectivity index is 1.46. The molecule has 1 aromatic heterocycles. The third-order valence-electron chi connectivity index (χ3n) is 5.25. The van der Waals surface area contributed by atoms with Crippen LogP contribution < -0.4 is 10.2 Å². The van der Waals surface area contributed by atoms with Gasteiger partial charge in [-0.25, -0.2) is 4.68 Å². The first-order valence-corrected chi connectivity index (χ1v) is 9.75. The van der Waals surface area contributed by atoms with Crippen LogP contribution >= 0.6 is 15.9 Å². The number of hydrogen-bond donors (Lipinski definition) is 1. The van der Waals surface area contributed by atoms with Gasteiger partial charge in [-0.2, -0.15) is 5.10 Å². The SMILES string of the molecule is CC(C1CC1)n1nccc1NC(=O)C1CCN(c2cccc(Br)c2)C1=O. The Morgan fingerprint density at radius 1 is 1.31 bits per heavy atom. The standard InChI is InChI=1S/C19H21BrN4O2/c1-12(13-5-6-13)24-17(7-9-21-24)22-18(25)16-8-10-23(19(16)26)15-4-2-3-14(20)11-15/h2-4,7,9,11-13,16H,5-6,8,10H2,1H3,(H,22,25). The molecule has 1 aliphatic heterocycles. The second-order valence-corrected chi connectivity index (χ2v) is 7.95. The summed E-state index contributed by atoms with van der Waals surface area (Å²) < 4.78 is 2.77. The number of nitrogens with one attached hydrogen (secondary N) is 1. The fraction of sp³-hybridized carbons (Fsp3) is 0.421. The van der Waals surface area contributed by atoms with Gasteiger partial charge in [0.05, 0.1) is 12.2 Å². The summed E-state index contributed by atoms with van der Waals surface area (Å²) in [7, 11) is 0. The van der Waals surface area contributed by atoms with E-state index in [1.807, 2.05) is 28.9 Å². The molecule has 2 unspecified atom stereocenters. The molecule has 6 nitrogen and oxygen atoms in total. The lowest BCUT2D eigenvalue weighted by atomic mass is 10.1. The second-order valence-electron chi connectivity index (χ2n) is 7.04. The predicted octanol–water partition coefficient (Wildman–Crippen LogP) is 3.61. The molecule has 1 N–H and O–H groups in total. The van der Waals surface area contributed by atoms with Crippen LogP contribution in [0.15, 0.2) is 41.0 Å². The monoisotopic (exact) mass is 416 g/mol. The second kappa shape index (κ2) is 6.87. The fourth-order valence-corrected chi connectivity index (χ4v) is 3.94. The molecule has 2 amide bonds. The van der Waals surface area contributed by atoms with Crippen molar-refractivity contribution in [3.63, 3.8) is 0 Å². The summed E-state index contributed by atoms with van der Waals surface area (Å²) in [6, 6.07) is 9.63. The van der Waals surface area contributed by atoms with Gasteiger partial charge in [-0.3, -0.25) is 9.59 Å². The number of halogens is 1. The highest BCUT2D eigenvalue weighted by atomic mass is 79.9. The van der Waals surface area contributed by atoms with Crippen molar-refractivity contribution in [1.82, 2.24) is 9.78 Å². The van der Waals surface area contributed by atoms with E-state index in [0.717, 1.165) is 10.2 Å². The van der Waals surface area contributed by atoms with Crippen molar-refractivity contribution in [1.29, 1.82) is 0 Å². The Morgan fingerprint density at radius 2 is 2.12 bits per heavy atom. The highest BCUT2D eigenvalue weighted by Gasteiger charge is 2.38. The Bertz CT molecular complexity index is 846. The van der Waals surface area contributed by atoms with Gasteiger partial charge in [0.1, 0.15) is 11.7 Å². The van der Waals surface area contributed by atoms with E-state index >= 15 is 0 Å². The summed E-state index contributed by atoms with van der Waals surface area (Å²) in [5, 5.41) is 7.26. The molecule has 2 heterocycles. The van der Waals surface area contributed by atoms with Crippen LogP contribution in [0.1, 0.15) is 32.2 Å². The molecule has 2 fully saturated rings. The lowest BCUT2D eigenvalue weighted by molar-refractivity contribution is -0.129. The van der Waals surface area contributed by atoms with Gasteiger partial charge in [-0.05, 0) is 50.3 Å². The van der Waals surface area contributed by atoms with Crippen LogP contribution in [0.25, 0.3) is 0 Å². The Morgan fingerprint density at radius 3 is 2.85 bits per heavy atom. The van der Waals surface area contributed by atoms with Crippen LogP contribution in [0, 0.1) is 11.8 Å². The molecule has 26 heavy (non-hydrogen) atoms. The molecule has 0 bridgehead atoms. The first-order chi connectivity index (χ1) is 12.5. The Labute approximate surface area is 160 Å². The predicted molar refractivity (Wildman–Crippen MR) is 103 cm³/mol. The Hall–Kier alpha value is -2.15. The first kappa shape index (κ1) is 17.3. The molecular formula is C19H21BrN4O2. The van der Waals surface area contributed by atoms with E-state index in [0.29, 0.717) is 24.7 Å². The average molecular weight is 417 g/mol. The molecule has 7 heteroatoms. The highest BCUT2D eigenvalue weighted by Crippen LogP contribution is 2.40. The third kappa shape index (κ3) is 3.28. The molecule has 2 atom stereocenters. The topological polar surface area (TPSA) is 67.2 Å². The fourth-order valence-electron chi connectivity index (χ4n) is 3.55. The van der Waals surface area contributed by atoms with E-state index in [1.165, 1.54) is 12.8 Å². The quantitative estimate of drug-likeness (QED) is 0.756. The van der Waals surface area contributed by atoms with E-state index in [9.17, 15) is 9.59 Å². The van der Waals surface area contributed by atoms with Crippen molar-refractivity contribution < 1.29 is 9.59 Å². The van der Waals surface area contributed by atoms with Crippen LogP contribution in [0.4, 0.5) is 11.5 Å². The van der Waals surface area contributed by atoms with Gasteiger partial charge in [0, 0.05) is 22.8 Å². The van der Waals surface area contributed by atoms with Crippen LogP contribution in [-0.2, 0) is 9.59 Å². The number of carbonyl (C=O) groups is 2. The molecule has 2 aliphatic rings. The Kier molecular flexibility index (Phi) is 4.56. The van der Waals surface area contributed by atoms with Gasteiger partial charge in [-0.1, -0.05) is 22.0 Å². The van der Waals surface area contributed by atoms with Crippen molar-refractivity contribution in [2.45, 2.75) is 32.2 Å². The average Bonchev–Trinajstić information content (AvgIpc) is 3.25. The van der Waals surface area contributed by atoms with Gasteiger partial charge in [0.15, 0.2) is 0 Å². The molecule has 1 aromatic carbocycles. The van der Waals surface area contributed by atoms with Gasteiger partial charge < -0.3 is 10.2 Å². The zero-order chi connectivity index (χ0) is 18.3. The van der Waals surface area contributed by atoms with Crippen LogP contribution in [0.3, 0.4) is 0 Å². The minimum atomic E-state index is -0.659. The van der Waals surface area contributed by atoms with Gasteiger partial charge in [0.2, 0.25) is 11.8 Å². The van der Waals surface area contributed by atoms with Crippen LogP contribution in [0.5, 0.6) is 0 Å². The summed E-state index contributed by atoms with van der Waals surface area (Å²) in [4.78, 5) is 27.1.